The van der Waals surface area contributed by atoms with Crippen LogP contribution in [0, 0.1) is 5.82 Å². The van der Waals surface area contributed by atoms with E-state index in [1.165, 1.54) is 51.3 Å². The Morgan fingerprint density at radius 2 is 1.93 bits per heavy atom. The van der Waals surface area contributed by atoms with E-state index in [4.69, 9.17) is 0 Å². The fourth-order valence-corrected chi connectivity index (χ4v) is 4.13. The minimum Gasteiger partial charge on any atom is -0.345 e. The van der Waals surface area contributed by atoms with Gasteiger partial charge >= 0.3 is 0 Å². The van der Waals surface area contributed by atoms with Crippen molar-refractivity contribution >= 4 is 23.2 Å². The summed E-state index contributed by atoms with van der Waals surface area (Å²) in [6, 6.07) is 5.48. The van der Waals surface area contributed by atoms with Gasteiger partial charge < -0.3 is 9.80 Å². The van der Waals surface area contributed by atoms with Crippen molar-refractivity contribution in [3.05, 3.63) is 79.9 Å². The number of benzene rings is 1. The van der Waals surface area contributed by atoms with Gasteiger partial charge in [0, 0.05) is 39.1 Å². The van der Waals surface area contributed by atoms with Gasteiger partial charge in [-0.25, -0.2) is 4.39 Å². The van der Waals surface area contributed by atoms with Gasteiger partial charge in [-0.2, -0.15) is 0 Å². The lowest BCUT2D eigenvalue weighted by molar-refractivity contribution is 0.0738. The highest BCUT2D eigenvalue weighted by Crippen LogP contribution is 2.24. The Balaban J connectivity index is 1.83. The Morgan fingerprint density at radius 1 is 1.20 bits per heavy atom. The van der Waals surface area contributed by atoms with Crippen LogP contribution in [0.5, 0.6) is 0 Å². The summed E-state index contributed by atoms with van der Waals surface area (Å²) in [5.41, 5.74) is 3.06. The quantitative estimate of drug-likeness (QED) is 0.644. The van der Waals surface area contributed by atoms with Crippen molar-refractivity contribution in [3.63, 3.8) is 0 Å². The molecular formula is C21H19FN4O3S. The lowest BCUT2D eigenvalue weighted by Crippen LogP contribution is -2.40. The molecule has 3 heterocycles. The number of carbonyl (C=O) groups excluding carboxylic acids is 2. The molecule has 0 fully saturated rings. The van der Waals surface area contributed by atoms with Crippen LogP contribution in [0.25, 0.3) is 5.69 Å². The van der Waals surface area contributed by atoms with Crippen molar-refractivity contribution < 1.29 is 14.0 Å². The lowest BCUT2D eigenvalue weighted by Gasteiger charge is -2.30. The summed E-state index contributed by atoms with van der Waals surface area (Å²) < 4.78 is 14.7. The molecule has 9 heteroatoms. The second-order valence-corrected chi connectivity index (χ2v) is 8.09. The molecule has 7 nitrogen and oxygen atoms in total. The summed E-state index contributed by atoms with van der Waals surface area (Å²) in [6.07, 6.45) is 3.57. The summed E-state index contributed by atoms with van der Waals surface area (Å²) in [6.45, 7) is 0.665. The maximum atomic E-state index is 13.4. The molecule has 0 spiro atoms. The predicted molar refractivity (Wildman–Crippen MR) is 111 cm³/mol. The van der Waals surface area contributed by atoms with E-state index in [9.17, 15) is 18.8 Å². The van der Waals surface area contributed by atoms with Gasteiger partial charge in [0.2, 0.25) is 0 Å². The molecule has 2 aromatic heterocycles. The van der Waals surface area contributed by atoms with Crippen molar-refractivity contribution in [1.82, 2.24) is 19.4 Å². The number of rotatable bonds is 3. The number of thiazole rings is 1. The second kappa shape index (κ2) is 7.83. The third kappa shape index (κ3) is 3.52. The number of pyridine rings is 1. The minimum absolute atomic E-state index is 0.0896. The van der Waals surface area contributed by atoms with Gasteiger partial charge in [-0.3, -0.25) is 23.9 Å². The first-order valence-electron chi connectivity index (χ1n) is 9.29. The molecule has 154 valence electrons. The van der Waals surface area contributed by atoms with Crippen LogP contribution in [-0.2, 0) is 13.0 Å². The molecule has 3 aromatic rings. The first kappa shape index (κ1) is 20.0. The number of hydrogen-bond acceptors (Lipinski definition) is 5. The van der Waals surface area contributed by atoms with E-state index in [0.717, 1.165) is 0 Å². The minimum atomic E-state index is -0.457. The summed E-state index contributed by atoms with van der Waals surface area (Å²) in [5.74, 6) is -0.950. The van der Waals surface area contributed by atoms with Crippen LogP contribution in [0.2, 0.25) is 0 Å². The average molecular weight is 426 g/mol. The zero-order valence-corrected chi connectivity index (χ0v) is 17.3. The van der Waals surface area contributed by atoms with Gasteiger partial charge in [0.15, 0.2) is 0 Å². The molecule has 0 radical (unpaired) electrons. The van der Waals surface area contributed by atoms with Gasteiger partial charge in [-0.1, -0.05) is 0 Å². The maximum absolute atomic E-state index is 13.4. The summed E-state index contributed by atoms with van der Waals surface area (Å²) in [7, 11) is 3.18. The fourth-order valence-electron chi connectivity index (χ4n) is 3.54. The van der Waals surface area contributed by atoms with E-state index in [1.807, 2.05) is 0 Å². The third-order valence-electron chi connectivity index (χ3n) is 5.06. The highest BCUT2D eigenvalue weighted by molar-refractivity contribution is 7.11. The molecule has 2 amide bonds. The van der Waals surface area contributed by atoms with Crippen molar-refractivity contribution in [2.45, 2.75) is 13.0 Å². The zero-order valence-electron chi connectivity index (χ0n) is 16.5. The molecule has 4 rings (SSSR count). The molecule has 0 saturated carbocycles. The zero-order chi connectivity index (χ0) is 21.4. The van der Waals surface area contributed by atoms with Gasteiger partial charge in [0.1, 0.15) is 16.3 Å². The summed E-state index contributed by atoms with van der Waals surface area (Å²) in [4.78, 5) is 46.4. The van der Waals surface area contributed by atoms with E-state index < -0.39 is 17.3 Å². The van der Waals surface area contributed by atoms with Gasteiger partial charge in [0.05, 0.1) is 11.7 Å². The highest BCUT2D eigenvalue weighted by Gasteiger charge is 2.29. The number of halogens is 1. The second-order valence-electron chi connectivity index (χ2n) is 7.20. The predicted octanol–water partition coefficient (Wildman–Crippen LogP) is 2.33. The van der Waals surface area contributed by atoms with Crippen LogP contribution in [0.1, 0.15) is 31.2 Å². The molecule has 0 saturated heterocycles. The van der Waals surface area contributed by atoms with Crippen molar-refractivity contribution in [2.75, 3.05) is 20.6 Å². The number of fused-ring (bicyclic) bond motifs is 1. The third-order valence-corrected chi connectivity index (χ3v) is 5.82. The molecule has 0 atom stereocenters. The smallest absolute Gasteiger partial charge is 0.268 e. The maximum Gasteiger partial charge on any atom is 0.268 e. The molecule has 30 heavy (non-hydrogen) atoms. The van der Waals surface area contributed by atoms with Crippen LogP contribution in [0.3, 0.4) is 0 Å². The molecule has 0 aliphatic carbocycles. The van der Waals surface area contributed by atoms with E-state index in [-0.39, 0.29) is 18.0 Å². The Kier molecular flexibility index (Phi) is 5.21. The SMILES string of the molecule is CN(C)C(=O)c1c2c(cn(-c3ccc(F)cc3)c1=O)CN(C(=O)c1cncs1)CC2. The van der Waals surface area contributed by atoms with Crippen LogP contribution in [0.4, 0.5) is 4.39 Å². The van der Waals surface area contributed by atoms with Gasteiger partial charge in [-0.05, 0) is 41.8 Å². The van der Waals surface area contributed by atoms with Crippen molar-refractivity contribution in [1.29, 1.82) is 0 Å². The van der Waals surface area contributed by atoms with Crippen molar-refractivity contribution in [3.8, 4) is 5.69 Å². The Hall–Kier alpha value is -3.33. The number of aromatic nitrogens is 2. The number of hydrogen-bond donors (Lipinski definition) is 0. The van der Waals surface area contributed by atoms with Crippen LogP contribution >= 0.6 is 11.3 Å². The lowest BCUT2D eigenvalue weighted by atomic mass is 9.95. The molecule has 0 bridgehead atoms. The molecule has 1 aliphatic heterocycles. The monoisotopic (exact) mass is 426 g/mol. The summed E-state index contributed by atoms with van der Waals surface area (Å²) in [5, 5.41) is 0. The van der Waals surface area contributed by atoms with Crippen LogP contribution < -0.4 is 5.56 Å². The Morgan fingerprint density at radius 3 is 2.57 bits per heavy atom. The first-order valence-corrected chi connectivity index (χ1v) is 10.2. The Bertz CT molecular complexity index is 1170. The standard InChI is InChI=1S/C21H19FN4O3S/c1-24(2)20(28)18-16-7-8-25(19(27)17-9-23-12-30-17)10-13(16)11-26(21(18)29)15-5-3-14(22)4-6-15/h3-6,9,11-12H,7-8,10H2,1-2H3. The van der Waals surface area contributed by atoms with Crippen LogP contribution in [0.15, 0.2) is 47.0 Å². The van der Waals surface area contributed by atoms with Crippen molar-refractivity contribution in [2.24, 2.45) is 0 Å². The number of carbonyl (C=O) groups is 2. The number of amides is 2. The summed E-state index contributed by atoms with van der Waals surface area (Å²) >= 11 is 1.27. The molecule has 1 aliphatic rings. The Labute approximate surface area is 176 Å². The molecule has 1 aromatic carbocycles. The fraction of sp³-hybridized carbons (Fsp3) is 0.238. The number of nitrogens with zero attached hydrogens (tertiary/aromatic N) is 4. The molecule has 0 unspecified atom stereocenters. The van der Waals surface area contributed by atoms with E-state index in [0.29, 0.717) is 34.7 Å². The van der Waals surface area contributed by atoms with Gasteiger partial charge in [-0.15, -0.1) is 11.3 Å². The topological polar surface area (TPSA) is 75.5 Å². The average Bonchev–Trinajstić information content (AvgIpc) is 3.27. The highest BCUT2D eigenvalue weighted by atomic mass is 32.1. The molecular weight excluding hydrogens is 407 g/mol. The van der Waals surface area contributed by atoms with Gasteiger partial charge in [0.25, 0.3) is 17.4 Å². The first-order chi connectivity index (χ1) is 14.4. The van der Waals surface area contributed by atoms with Crippen LogP contribution in [-0.4, -0.2) is 51.8 Å². The van der Waals surface area contributed by atoms with E-state index >= 15 is 0 Å². The van der Waals surface area contributed by atoms with E-state index in [1.54, 1.807) is 30.7 Å². The largest absolute Gasteiger partial charge is 0.345 e. The normalized spacial score (nSPS) is 13.1. The molecule has 0 N–H and O–H groups in total. The van der Waals surface area contributed by atoms with E-state index in [2.05, 4.69) is 4.98 Å².